The Morgan fingerprint density at radius 3 is 2.56 bits per heavy atom. The predicted octanol–water partition coefficient (Wildman–Crippen LogP) is 5.65. The Kier molecular flexibility index (Phi) is 6.76. The summed E-state index contributed by atoms with van der Waals surface area (Å²) in [7, 11) is 0. The van der Waals surface area contributed by atoms with Gasteiger partial charge in [-0.3, -0.25) is 14.9 Å². The van der Waals surface area contributed by atoms with E-state index in [2.05, 4.69) is 22.0 Å². The van der Waals surface area contributed by atoms with Crippen molar-refractivity contribution in [2.45, 2.75) is 58.3 Å². The molecule has 0 saturated carbocycles. The average molecular weight is 501 g/mol. The molecule has 0 spiro atoms. The molecule has 36 heavy (non-hydrogen) atoms. The number of H-pyrrole nitrogens is 1. The van der Waals surface area contributed by atoms with E-state index in [1.54, 1.807) is 6.20 Å². The van der Waals surface area contributed by atoms with Crippen molar-refractivity contribution in [3.8, 4) is 5.75 Å². The Bertz CT molecular complexity index is 1210. The number of nitrogens with one attached hydrogen (secondary N) is 1. The van der Waals surface area contributed by atoms with Crippen LogP contribution in [-0.2, 0) is 6.42 Å². The first-order valence-corrected chi connectivity index (χ1v) is 12.9. The molecule has 0 unspecified atom stereocenters. The number of fused-ring (bicyclic) bond motifs is 3. The fourth-order valence-electron chi connectivity index (χ4n) is 5.74. The zero-order chi connectivity index (χ0) is 25.6. The smallest absolute Gasteiger partial charge is 0.134 e. The fraction of sp³-hybridized carbons (Fsp3) is 0.536. The van der Waals surface area contributed by atoms with Gasteiger partial charge in [-0.25, -0.2) is 13.2 Å². The lowest BCUT2D eigenvalue weighted by molar-refractivity contribution is 0.0654. The maximum Gasteiger partial charge on any atom is 0.134 e. The Balaban J connectivity index is 1.47. The lowest BCUT2D eigenvalue weighted by atomic mass is 9.82. The molecule has 0 aliphatic carbocycles. The number of nitrogens with zero attached hydrogens (tertiary/aromatic N) is 3. The van der Waals surface area contributed by atoms with Crippen molar-refractivity contribution in [1.29, 1.82) is 0 Å². The maximum absolute atomic E-state index is 15.7. The molecule has 3 heterocycles. The molecule has 1 fully saturated rings. The Morgan fingerprint density at radius 1 is 1.17 bits per heavy atom. The van der Waals surface area contributed by atoms with Crippen molar-refractivity contribution in [3.63, 3.8) is 0 Å². The number of halogens is 3. The first-order valence-electron chi connectivity index (χ1n) is 12.9. The highest BCUT2D eigenvalue weighted by atomic mass is 19.1. The van der Waals surface area contributed by atoms with E-state index >= 15 is 8.78 Å². The molecule has 1 N–H and O–H groups in total. The van der Waals surface area contributed by atoms with Gasteiger partial charge in [0.05, 0.1) is 17.8 Å². The highest BCUT2D eigenvalue weighted by molar-refractivity contribution is 5.83. The van der Waals surface area contributed by atoms with Gasteiger partial charge in [-0.2, -0.15) is 5.10 Å². The highest BCUT2D eigenvalue weighted by Crippen LogP contribution is 2.43. The van der Waals surface area contributed by atoms with Gasteiger partial charge in [0.2, 0.25) is 0 Å². The monoisotopic (exact) mass is 500 g/mol. The van der Waals surface area contributed by atoms with Gasteiger partial charge in [0.1, 0.15) is 29.7 Å². The molecule has 2 aliphatic heterocycles. The molecule has 5 nitrogen and oxygen atoms in total. The highest BCUT2D eigenvalue weighted by Gasteiger charge is 2.40. The number of hydrogen-bond donors (Lipinski definition) is 1. The molecular weight excluding hydrogens is 465 g/mol. The summed E-state index contributed by atoms with van der Waals surface area (Å²) in [5.74, 6) is -0.452. The van der Waals surface area contributed by atoms with E-state index in [0.717, 1.165) is 47.6 Å². The number of ether oxygens (including phenoxy) is 1. The summed E-state index contributed by atoms with van der Waals surface area (Å²) in [5.41, 5.74) is 1.03. The quantitative estimate of drug-likeness (QED) is 0.434. The zero-order valence-corrected chi connectivity index (χ0v) is 21.5. The second kappa shape index (κ2) is 9.71. The standard InChI is InChI=1S/C28H35F3N4O/c1-5-18-14-34(15-18)8-9-36-19-11-23(29)26(24(30)12-19)27-20-6-7-25-22(13-32-33-25)21(20)10-17(2)35(27)16-28(3,4)31/h6-7,11-13,17-18,27H,5,8-10,14-16H2,1-4H3,(H,32,33)/t17-,27+/m0/s1. The maximum atomic E-state index is 15.7. The van der Waals surface area contributed by atoms with Gasteiger partial charge in [0.25, 0.3) is 0 Å². The van der Waals surface area contributed by atoms with E-state index in [-0.39, 0.29) is 23.9 Å². The van der Waals surface area contributed by atoms with E-state index < -0.39 is 23.3 Å². The zero-order valence-electron chi connectivity index (χ0n) is 21.5. The van der Waals surface area contributed by atoms with Crippen molar-refractivity contribution in [1.82, 2.24) is 20.0 Å². The van der Waals surface area contributed by atoms with Crippen LogP contribution in [0.15, 0.2) is 30.5 Å². The number of hydrogen-bond acceptors (Lipinski definition) is 4. The summed E-state index contributed by atoms with van der Waals surface area (Å²) in [5, 5.41) is 8.05. The van der Waals surface area contributed by atoms with Crippen LogP contribution in [0.4, 0.5) is 13.2 Å². The Labute approximate surface area is 210 Å². The van der Waals surface area contributed by atoms with Gasteiger partial charge >= 0.3 is 0 Å². The summed E-state index contributed by atoms with van der Waals surface area (Å²) in [6, 6.07) is 5.38. The molecule has 2 aliphatic rings. The molecular formula is C28H35F3N4O. The second-order valence-electron chi connectivity index (χ2n) is 11.0. The lowest BCUT2D eigenvalue weighted by Crippen LogP contribution is -2.48. The molecule has 1 saturated heterocycles. The molecule has 2 atom stereocenters. The number of alkyl halides is 1. The topological polar surface area (TPSA) is 44.4 Å². The summed E-state index contributed by atoms with van der Waals surface area (Å²) in [6.07, 6.45) is 3.55. The van der Waals surface area contributed by atoms with E-state index in [9.17, 15) is 4.39 Å². The molecule has 0 radical (unpaired) electrons. The summed E-state index contributed by atoms with van der Waals surface area (Å²) in [6.45, 7) is 10.4. The van der Waals surface area contributed by atoms with Crippen LogP contribution in [0.25, 0.3) is 10.9 Å². The summed E-state index contributed by atoms with van der Waals surface area (Å²) in [4.78, 5) is 4.16. The van der Waals surface area contributed by atoms with Crippen LogP contribution < -0.4 is 4.74 Å². The van der Waals surface area contributed by atoms with Gasteiger partial charge in [-0.05, 0) is 50.3 Å². The van der Waals surface area contributed by atoms with Crippen LogP contribution in [0.5, 0.6) is 5.75 Å². The number of benzene rings is 2. The fourth-order valence-corrected chi connectivity index (χ4v) is 5.74. The van der Waals surface area contributed by atoms with Crippen molar-refractivity contribution in [3.05, 3.63) is 58.8 Å². The molecule has 1 aromatic heterocycles. The van der Waals surface area contributed by atoms with Gasteiger partial charge in [-0.15, -0.1) is 0 Å². The average Bonchev–Trinajstić information content (AvgIpc) is 3.25. The summed E-state index contributed by atoms with van der Waals surface area (Å²) < 4.78 is 52.0. The first-order chi connectivity index (χ1) is 17.1. The van der Waals surface area contributed by atoms with Gasteiger partial charge in [0, 0.05) is 55.3 Å². The molecule has 8 heteroatoms. The van der Waals surface area contributed by atoms with Crippen LogP contribution in [0.3, 0.4) is 0 Å². The third-order valence-electron chi connectivity index (χ3n) is 7.63. The predicted molar refractivity (Wildman–Crippen MR) is 135 cm³/mol. The SMILES string of the molecule is CCC1CN(CCOc2cc(F)c([C@H]3c4ccc5[nH]ncc5c4C[C@H](C)N3CC(C)(C)F)c(F)c2)C1. The largest absolute Gasteiger partial charge is 0.492 e. The van der Waals surface area contributed by atoms with Crippen molar-refractivity contribution < 1.29 is 17.9 Å². The van der Waals surface area contributed by atoms with Crippen LogP contribution in [0, 0.1) is 17.6 Å². The minimum atomic E-state index is -1.53. The van der Waals surface area contributed by atoms with E-state index in [4.69, 9.17) is 4.74 Å². The number of aromatic nitrogens is 2. The molecule has 0 amide bonds. The van der Waals surface area contributed by atoms with Gasteiger partial charge in [-0.1, -0.05) is 19.4 Å². The molecule has 194 valence electrons. The third-order valence-corrected chi connectivity index (χ3v) is 7.63. The normalized spacial score (nSPS) is 21.5. The van der Waals surface area contributed by atoms with Gasteiger partial charge in [0.15, 0.2) is 0 Å². The van der Waals surface area contributed by atoms with E-state index in [1.807, 2.05) is 24.0 Å². The Morgan fingerprint density at radius 2 is 1.89 bits per heavy atom. The van der Waals surface area contributed by atoms with Crippen molar-refractivity contribution in [2.24, 2.45) is 5.92 Å². The first kappa shape index (κ1) is 25.1. The second-order valence-corrected chi connectivity index (χ2v) is 11.0. The Hall–Kier alpha value is -2.58. The third kappa shape index (κ3) is 4.85. The molecule has 3 aromatic rings. The lowest BCUT2D eigenvalue weighted by Gasteiger charge is -2.44. The van der Waals surface area contributed by atoms with Crippen molar-refractivity contribution >= 4 is 10.9 Å². The minimum absolute atomic E-state index is 0.0490. The number of aromatic amines is 1. The van der Waals surface area contributed by atoms with Gasteiger partial charge < -0.3 is 4.74 Å². The molecule has 5 rings (SSSR count). The number of rotatable bonds is 8. The van der Waals surface area contributed by atoms with Crippen LogP contribution in [0.1, 0.15) is 56.8 Å². The van der Waals surface area contributed by atoms with Crippen molar-refractivity contribution in [2.75, 3.05) is 32.8 Å². The molecule has 2 aromatic carbocycles. The van der Waals surface area contributed by atoms with Crippen LogP contribution in [0.2, 0.25) is 0 Å². The summed E-state index contributed by atoms with van der Waals surface area (Å²) >= 11 is 0. The van der Waals surface area contributed by atoms with E-state index in [1.165, 1.54) is 32.4 Å². The van der Waals surface area contributed by atoms with Crippen LogP contribution >= 0.6 is 0 Å². The molecule has 0 bridgehead atoms. The van der Waals surface area contributed by atoms with E-state index in [0.29, 0.717) is 13.0 Å². The van der Waals surface area contributed by atoms with Crippen LogP contribution in [-0.4, -0.2) is 64.5 Å². The minimum Gasteiger partial charge on any atom is -0.492 e. The number of likely N-dealkylation sites (tertiary alicyclic amines) is 1.